The molecule has 0 atom stereocenters. The molecule has 0 saturated carbocycles. The van der Waals surface area contributed by atoms with Gasteiger partial charge in [-0.1, -0.05) is 23.4 Å². The molecule has 3 aromatic heterocycles. The molecule has 1 aliphatic rings. The maximum absolute atomic E-state index is 13.3. The molecule has 0 aliphatic carbocycles. The molecular weight excluding hydrogens is 395 g/mol. The van der Waals surface area contributed by atoms with Crippen molar-refractivity contribution in [1.82, 2.24) is 24.9 Å². The molecule has 0 fully saturated rings. The fourth-order valence-corrected chi connectivity index (χ4v) is 4.06. The molecule has 1 aliphatic heterocycles. The largest absolute Gasteiger partial charge is 0.356 e. The van der Waals surface area contributed by atoms with Gasteiger partial charge in [-0.3, -0.25) is 0 Å². The van der Waals surface area contributed by atoms with Gasteiger partial charge in [0.05, 0.1) is 29.5 Å². The van der Waals surface area contributed by atoms with E-state index in [9.17, 15) is 4.39 Å². The van der Waals surface area contributed by atoms with E-state index in [4.69, 9.17) is 4.52 Å². The van der Waals surface area contributed by atoms with Crippen molar-refractivity contribution >= 4 is 16.9 Å². The molecule has 6 rings (SSSR count). The average molecular weight is 412 g/mol. The lowest BCUT2D eigenvalue weighted by molar-refractivity contribution is 0.424. The zero-order chi connectivity index (χ0) is 20.8. The summed E-state index contributed by atoms with van der Waals surface area (Å²) in [6.07, 6.45) is 4.11. The van der Waals surface area contributed by atoms with Crippen LogP contribution in [-0.2, 0) is 13.0 Å². The predicted molar refractivity (Wildman–Crippen MR) is 113 cm³/mol. The highest BCUT2D eigenvalue weighted by atomic mass is 19.1. The van der Waals surface area contributed by atoms with Crippen molar-refractivity contribution in [2.45, 2.75) is 13.0 Å². The first-order chi connectivity index (χ1) is 15.3. The van der Waals surface area contributed by atoms with Crippen LogP contribution in [0.1, 0.15) is 11.3 Å². The molecule has 2 aromatic carbocycles. The van der Waals surface area contributed by atoms with Crippen LogP contribution < -0.4 is 4.90 Å². The summed E-state index contributed by atoms with van der Waals surface area (Å²) in [6, 6.07) is 16.2. The second kappa shape index (κ2) is 7.02. The lowest BCUT2D eigenvalue weighted by Gasteiger charge is -2.27. The Balaban J connectivity index is 1.39. The van der Waals surface area contributed by atoms with Gasteiger partial charge in [0.15, 0.2) is 11.4 Å². The lowest BCUT2D eigenvalue weighted by atomic mass is 10.0. The van der Waals surface area contributed by atoms with E-state index >= 15 is 0 Å². The highest BCUT2D eigenvalue weighted by Crippen LogP contribution is 2.34. The molecule has 0 saturated heterocycles. The number of benzene rings is 2. The van der Waals surface area contributed by atoms with Gasteiger partial charge in [0.1, 0.15) is 18.0 Å². The van der Waals surface area contributed by atoms with Crippen LogP contribution in [0, 0.1) is 5.82 Å². The van der Waals surface area contributed by atoms with Crippen LogP contribution in [0.25, 0.3) is 28.0 Å². The number of halogens is 1. The van der Waals surface area contributed by atoms with Crippen LogP contribution in [0.3, 0.4) is 0 Å². The number of para-hydroxylation sites is 1. The molecule has 5 aromatic rings. The quantitative estimate of drug-likeness (QED) is 0.443. The van der Waals surface area contributed by atoms with Crippen molar-refractivity contribution in [2.24, 2.45) is 0 Å². The minimum Gasteiger partial charge on any atom is -0.356 e. The van der Waals surface area contributed by atoms with Gasteiger partial charge in [0.2, 0.25) is 0 Å². The van der Waals surface area contributed by atoms with Gasteiger partial charge in [-0.2, -0.15) is 5.10 Å². The Kier molecular flexibility index (Phi) is 4.02. The van der Waals surface area contributed by atoms with Crippen LogP contribution in [0.5, 0.6) is 0 Å². The molecular formula is C23H17FN6O. The van der Waals surface area contributed by atoms with Gasteiger partial charge in [-0.25, -0.2) is 19.0 Å². The second-order valence-corrected chi connectivity index (χ2v) is 7.44. The number of hydrogen-bond donors (Lipinski definition) is 0. The van der Waals surface area contributed by atoms with E-state index in [1.807, 2.05) is 41.2 Å². The maximum Gasteiger partial charge on any atom is 0.172 e. The average Bonchev–Trinajstić information content (AvgIpc) is 3.44. The monoisotopic (exact) mass is 412 g/mol. The summed E-state index contributed by atoms with van der Waals surface area (Å²) in [7, 11) is 0. The van der Waals surface area contributed by atoms with Crippen molar-refractivity contribution in [3.05, 3.63) is 84.2 Å². The Morgan fingerprint density at radius 1 is 0.968 bits per heavy atom. The molecule has 0 radical (unpaired) electrons. The summed E-state index contributed by atoms with van der Waals surface area (Å²) in [4.78, 5) is 11.2. The Hall–Kier alpha value is -4.07. The fraction of sp³-hybridized carbons (Fsp3) is 0.130. The minimum absolute atomic E-state index is 0.280. The molecule has 7 nitrogen and oxygen atoms in total. The molecule has 8 heteroatoms. The predicted octanol–water partition coefficient (Wildman–Crippen LogP) is 4.17. The van der Waals surface area contributed by atoms with Crippen molar-refractivity contribution < 1.29 is 8.91 Å². The Morgan fingerprint density at radius 2 is 1.81 bits per heavy atom. The smallest absolute Gasteiger partial charge is 0.172 e. The van der Waals surface area contributed by atoms with Gasteiger partial charge in [0.25, 0.3) is 0 Å². The summed E-state index contributed by atoms with van der Waals surface area (Å²) in [6.45, 7) is 1.35. The molecule has 31 heavy (non-hydrogen) atoms. The van der Waals surface area contributed by atoms with Gasteiger partial charge in [-0.15, -0.1) is 0 Å². The van der Waals surface area contributed by atoms with Crippen LogP contribution in [0.4, 0.5) is 10.2 Å². The second-order valence-electron chi connectivity index (χ2n) is 7.44. The fourth-order valence-electron chi connectivity index (χ4n) is 4.06. The normalized spacial score (nSPS) is 13.5. The van der Waals surface area contributed by atoms with Crippen LogP contribution >= 0.6 is 0 Å². The van der Waals surface area contributed by atoms with Crippen molar-refractivity contribution in [3.63, 3.8) is 0 Å². The summed E-state index contributed by atoms with van der Waals surface area (Å²) < 4.78 is 20.8. The van der Waals surface area contributed by atoms with E-state index < -0.39 is 0 Å². The maximum atomic E-state index is 13.3. The van der Waals surface area contributed by atoms with Gasteiger partial charge >= 0.3 is 0 Å². The lowest BCUT2D eigenvalue weighted by Crippen LogP contribution is -2.31. The standard InChI is InChI=1S/C23H17FN6O/c24-16-8-6-15(7-9-16)21-19-13-29(11-10-20(19)28-31-21)22-18-12-27-30(23(18)26-14-25-22)17-4-2-1-3-5-17/h1-9,12,14H,10-11,13H2. The number of rotatable bonds is 3. The van der Waals surface area contributed by atoms with Crippen LogP contribution in [0.2, 0.25) is 0 Å². The molecule has 0 spiro atoms. The van der Waals surface area contributed by atoms with E-state index in [0.717, 1.165) is 52.3 Å². The molecule has 4 heterocycles. The first-order valence-corrected chi connectivity index (χ1v) is 10.0. The molecule has 0 amide bonds. The highest BCUT2D eigenvalue weighted by Gasteiger charge is 2.27. The molecule has 0 unspecified atom stereocenters. The number of fused-ring (bicyclic) bond motifs is 2. The van der Waals surface area contributed by atoms with E-state index in [0.29, 0.717) is 12.3 Å². The topological polar surface area (TPSA) is 72.9 Å². The number of hydrogen-bond acceptors (Lipinski definition) is 6. The summed E-state index contributed by atoms with van der Waals surface area (Å²) in [5, 5.41) is 9.68. The van der Waals surface area contributed by atoms with E-state index in [2.05, 4.69) is 25.1 Å². The molecule has 0 N–H and O–H groups in total. The Labute approximate surface area is 176 Å². The van der Waals surface area contributed by atoms with Gasteiger partial charge < -0.3 is 9.42 Å². The SMILES string of the molecule is Fc1ccc(-c2onc3c2CN(c2ncnc4c2cnn4-c2ccccc2)CC3)cc1. The van der Waals surface area contributed by atoms with Crippen molar-refractivity contribution in [3.8, 4) is 17.0 Å². The molecule has 0 bridgehead atoms. The van der Waals surface area contributed by atoms with Crippen LogP contribution in [-0.4, -0.2) is 31.4 Å². The first kappa shape index (κ1) is 17.8. The van der Waals surface area contributed by atoms with Crippen LogP contribution in [0.15, 0.2) is 71.6 Å². The summed E-state index contributed by atoms with van der Waals surface area (Å²) in [5.74, 6) is 1.21. The van der Waals surface area contributed by atoms with Gasteiger partial charge in [0, 0.05) is 24.1 Å². The van der Waals surface area contributed by atoms with E-state index in [-0.39, 0.29) is 5.82 Å². The highest BCUT2D eigenvalue weighted by molar-refractivity contribution is 5.88. The number of nitrogens with zero attached hydrogens (tertiary/aromatic N) is 6. The van der Waals surface area contributed by atoms with E-state index in [1.54, 1.807) is 18.5 Å². The zero-order valence-corrected chi connectivity index (χ0v) is 16.4. The van der Waals surface area contributed by atoms with Gasteiger partial charge in [-0.05, 0) is 36.4 Å². The zero-order valence-electron chi connectivity index (χ0n) is 16.4. The van der Waals surface area contributed by atoms with E-state index in [1.165, 1.54) is 12.1 Å². The third-order valence-electron chi connectivity index (χ3n) is 5.59. The first-order valence-electron chi connectivity index (χ1n) is 10.0. The number of anilines is 1. The third kappa shape index (κ3) is 2.95. The van der Waals surface area contributed by atoms with Crippen molar-refractivity contribution in [1.29, 1.82) is 0 Å². The van der Waals surface area contributed by atoms with Crippen molar-refractivity contribution in [2.75, 3.05) is 11.4 Å². The summed E-state index contributed by atoms with van der Waals surface area (Å²) >= 11 is 0. The minimum atomic E-state index is -0.280. The summed E-state index contributed by atoms with van der Waals surface area (Å²) in [5.41, 5.74) is 4.44. The third-order valence-corrected chi connectivity index (χ3v) is 5.59. The Morgan fingerprint density at radius 3 is 2.65 bits per heavy atom. The molecule has 152 valence electrons. The Bertz CT molecular complexity index is 1380. The number of aromatic nitrogens is 5.